The first-order chi connectivity index (χ1) is 10.1. The molecule has 0 amide bonds. The number of methoxy groups -OCH3 is 3. The van der Waals surface area contributed by atoms with Gasteiger partial charge in [-0.05, 0) is 24.6 Å². The van der Waals surface area contributed by atoms with Crippen molar-refractivity contribution in [1.82, 2.24) is 0 Å². The van der Waals surface area contributed by atoms with Crippen molar-refractivity contribution in [2.75, 3.05) is 21.3 Å². The van der Waals surface area contributed by atoms with Crippen molar-refractivity contribution < 1.29 is 14.2 Å². The fourth-order valence-corrected chi connectivity index (χ4v) is 2.56. The maximum absolute atomic E-state index is 6.62. The van der Waals surface area contributed by atoms with Crippen molar-refractivity contribution in [3.63, 3.8) is 0 Å². The van der Waals surface area contributed by atoms with Crippen molar-refractivity contribution in [2.45, 2.75) is 12.3 Å². The van der Waals surface area contributed by atoms with Crippen molar-refractivity contribution in [3.8, 4) is 17.2 Å². The van der Waals surface area contributed by atoms with E-state index in [4.69, 9.17) is 25.8 Å². The highest BCUT2D eigenvalue weighted by Crippen LogP contribution is 2.45. The van der Waals surface area contributed by atoms with Crippen LogP contribution in [0.15, 0.2) is 36.4 Å². The molecule has 0 aliphatic rings. The summed E-state index contributed by atoms with van der Waals surface area (Å²) in [6, 6.07) is 11.8. The third kappa shape index (κ3) is 3.08. The second-order valence-electron chi connectivity index (χ2n) is 4.70. The summed E-state index contributed by atoms with van der Waals surface area (Å²) in [5, 5.41) is -0.319. The Balaban J connectivity index is 2.50. The third-order valence-corrected chi connectivity index (χ3v) is 3.86. The lowest BCUT2D eigenvalue weighted by Gasteiger charge is -2.19. The number of rotatable bonds is 5. The highest BCUT2D eigenvalue weighted by atomic mass is 35.5. The SMILES string of the molecule is COc1ccc(C(Cl)c2ccc(C)cc2)c(OC)c1OC. The monoisotopic (exact) mass is 306 g/mol. The number of benzene rings is 2. The van der Waals surface area contributed by atoms with E-state index in [1.165, 1.54) is 5.56 Å². The molecule has 0 saturated heterocycles. The van der Waals surface area contributed by atoms with Crippen LogP contribution in [0.25, 0.3) is 0 Å². The molecule has 0 fully saturated rings. The first kappa shape index (κ1) is 15.5. The van der Waals surface area contributed by atoms with Crippen LogP contribution >= 0.6 is 11.6 Å². The molecule has 0 bridgehead atoms. The number of halogens is 1. The van der Waals surface area contributed by atoms with Crippen molar-refractivity contribution in [1.29, 1.82) is 0 Å². The molecule has 0 aliphatic heterocycles. The summed E-state index contributed by atoms with van der Waals surface area (Å²) in [6.07, 6.45) is 0. The molecule has 0 spiro atoms. The number of aryl methyl sites for hydroxylation is 1. The second kappa shape index (κ2) is 6.72. The summed E-state index contributed by atoms with van der Waals surface area (Å²) in [5.41, 5.74) is 3.05. The highest BCUT2D eigenvalue weighted by Gasteiger charge is 2.21. The summed E-state index contributed by atoms with van der Waals surface area (Å²) in [6.45, 7) is 2.05. The van der Waals surface area contributed by atoms with Gasteiger partial charge in [0.15, 0.2) is 11.5 Å². The van der Waals surface area contributed by atoms with E-state index in [-0.39, 0.29) is 5.38 Å². The van der Waals surface area contributed by atoms with E-state index >= 15 is 0 Å². The van der Waals surface area contributed by atoms with Crippen molar-refractivity contribution in [2.24, 2.45) is 0 Å². The number of ether oxygens (including phenoxy) is 3. The molecule has 1 unspecified atom stereocenters. The molecule has 112 valence electrons. The minimum atomic E-state index is -0.319. The Kier molecular flexibility index (Phi) is 4.97. The van der Waals surface area contributed by atoms with E-state index in [0.717, 1.165) is 11.1 Å². The highest BCUT2D eigenvalue weighted by molar-refractivity contribution is 6.22. The van der Waals surface area contributed by atoms with Gasteiger partial charge in [-0.1, -0.05) is 29.8 Å². The molecule has 0 radical (unpaired) electrons. The van der Waals surface area contributed by atoms with Crippen LogP contribution in [0.4, 0.5) is 0 Å². The van der Waals surface area contributed by atoms with Crippen LogP contribution in [0.3, 0.4) is 0 Å². The molecule has 4 heteroatoms. The maximum Gasteiger partial charge on any atom is 0.203 e. The van der Waals surface area contributed by atoms with Crippen molar-refractivity contribution in [3.05, 3.63) is 53.1 Å². The molecule has 0 aromatic heterocycles. The smallest absolute Gasteiger partial charge is 0.203 e. The minimum Gasteiger partial charge on any atom is -0.493 e. The third-order valence-electron chi connectivity index (χ3n) is 3.38. The zero-order chi connectivity index (χ0) is 15.4. The average Bonchev–Trinajstić information content (AvgIpc) is 2.53. The molecule has 0 N–H and O–H groups in total. The molecule has 0 aliphatic carbocycles. The fraction of sp³-hybridized carbons (Fsp3) is 0.294. The minimum absolute atomic E-state index is 0.319. The number of hydrogen-bond acceptors (Lipinski definition) is 3. The zero-order valence-corrected chi connectivity index (χ0v) is 13.4. The summed E-state index contributed by atoms with van der Waals surface area (Å²) >= 11 is 6.62. The molecule has 0 saturated carbocycles. The molecule has 2 aromatic rings. The Hall–Kier alpha value is -1.87. The lowest BCUT2D eigenvalue weighted by molar-refractivity contribution is 0.322. The summed E-state index contributed by atoms with van der Waals surface area (Å²) < 4.78 is 16.2. The van der Waals surface area contributed by atoms with Crippen LogP contribution in [0.2, 0.25) is 0 Å². The van der Waals surface area contributed by atoms with Gasteiger partial charge in [0.2, 0.25) is 5.75 Å². The van der Waals surface area contributed by atoms with E-state index < -0.39 is 0 Å². The first-order valence-corrected chi connectivity index (χ1v) is 7.05. The molecular formula is C17H19ClO3. The molecule has 2 aromatic carbocycles. The predicted molar refractivity (Wildman–Crippen MR) is 85.0 cm³/mol. The van der Waals surface area contributed by atoms with Gasteiger partial charge in [0.1, 0.15) is 0 Å². The summed E-state index contributed by atoms with van der Waals surface area (Å²) in [4.78, 5) is 0. The number of hydrogen-bond donors (Lipinski definition) is 0. The lowest BCUT2D eigenvalue weighted by Crippen LogP contribution is -2.01. The van der Waals surface area contributed by atoms with E-state index in [9.17, 15) is 0 Å². The predicted octanol–water partition coefficient (Wildman–Crippen LogP) is 4.35. The van der Waals surface area contributed by atoms with Crippen LogP contribution in [0.1, 0.15) is 22.1 Å². The summed E-state index contributed by atoms with van der Waals surface area (Å²) in [5.74, 6) is 1.76. The van der Waals surface area contributed by atoms with Gasteiger partial charge in [-0.15, -0.1) is 11.6 Å². The van der Waals surface area contributed by atoms with Crippen LogP contribution in [0, 0.1) is 6.92 Å². The largest absolute Gasteiger partial charge is 0.493 e. The Bertz CT molecular complexity index is 608. The van der Waals surface area contributed by atoms with E-state index in [2.05, 4.69) is 0 Å². The van der Waals surface area contributed by atoms with Crippen LogP contribution in [-0.2, 0) is 0 Å². The van der Waals surface area contributed by atoms with Gasteiger partial charge in [-0.3, -0.25) is 0 Å². The molecule has 1 atom stereocenters. The van der Waals surface area contributed by atoms with Gasteiger partial charge in [0, 0.05) is 5.56 Å². The Labute approximate surface area is 130 Å². The lowest BCUT2D eigenvalue weighted by atomic mass is 10.0. The first-order valence-electron chi connectivity index (χ1n) is 6.61. The van der Waals surface area contributed by atoms with Gasteiger partial charge in [0.25, 0.3) is 0 Å². The Morgan fingerprint density at radius 2 is 1.43 bits per heavy atom. The Morgan fingerprint density at radius 3 is 1.95 bits per heavy atom. The molecule has 21 heavy (non-hydrogen) atoms. The van der Waals surface area contributed by atoms with Crippen LogP contribution in [-0.4, -0.2) is 21.3 Å². The average molecular weight is 307 g/mol. The van der Waals surface area contributed by atoms with Gasteiger partial charge < -0.3 is 14.2 Å². The molecule has 0 heterocycles. The fourth-order valence-electron chi connectivity index (χ4n) is 2.24. The van der Waals surface area contributed by atoms with E-state index in [0.29, 0.717) is 17.2 Å². The van der Waals surface area contributed by atoms with Gasteiger partial charge in [-0.25, -0.2) is 0 Å². The molecule has 3 nitrogen and oxygen atoms in total. The normalized spacial score (nSPS) is 11.9. The standard InChI is InChI=1S/C17H19ClO3/c1-11-5-7-12(8-6-11)15(18)13-9-10-14(19-2)17(21-4)16(13)20-3/h5-10,15H,1-4H3. The topological polar surface area (TPSA) is 27.7 Å². The van der Waals surface area contributed by atoms with E-state index in [1.54, 1.807) is 21.3 Å². The molecule has 2 rings (SSSR count). The van der Waals surface area contributed by atoms with Gasteiger partial charge in [-0.2, -0.15) is 0 Å². The van der Waals surface area contributed by atoms with Gasteiger partial charge >= 0.3 is 0 Å². The van der Waals surface area contributed by atoms with Crippen molar-refractivity contribution >= 4 is 11.6 Å². The number of alkyl halides is 1. The van der Waals surface area contributed by atoms with Crippen LogP contribution < -0.4 is 14.2 Å². The van der Waals surface area contributed by atoms with Gasteiger partial charge in [0.05, 0.1) is 26.7 Å². The summed E-state index contributed by atoms with van der Waals surface area (Å²) in [7, 11) is 4.77. The molecular weight excluding hydrogens is 288 g/mol. The van der Waals surface area contributed by atoms with Crippen LogP contribution in [0.5, 0.6) is 17.2 Å². The zero-order valence-electron chi connectivity index (χ0n) is 12.6. The quantitative estimate of drug-likeness (QED) is 0.769. The Morgan fingerprint density at radius 1 is 0.810 bits per heavy atom. The maximum atomic E-state index is 6.62. The van der Waals surface area contributed by atoms with E-state index in [1.807, 2.05) is 43.3 Å². The second-order valence-corrected chi connectivity index (χ2v) is 5.13.